The van der Waals surface area contributed by atoms with Gasteiger partial charge in [0, 0.05) is 12.3 Å². The molecule has 0 saturated carbocycles. The predicted octanol–water partition coefficient (Wildman–Crippen LogP) is 1.85. The van der Waals surface area contributed by atoms with Crippen LogP contribution in [0.2, 0.25) is 0 Å². The molecule has 0 atom stereocenters. The summed E-state index contributed by atoms with van der Waals surface area (Å²) in [5.41, 5.74) is 0.282. The van der Waals surface area contributed by atoms with E-state index >= 15 is 0 Å². The molecule has 0 amide bonds. The van der Waals surface area contributed by atoms with Gasteiger partial charge in [-0.05, 0) is 0 Å². The topological polar surface area (TPSA) is 112 Å². The van der Waals surface area contributed by atoms with Crippen LogP contribution >= 0.6 is 0 Å². The second-order valence-corrected chi connectivity index (χ2v) is 4.09. The summed E-state index contributed by atoms with van der Waals surface area (Å²) in [6, 6.07) is 1.36. The van der Waals surface area contributed by atoms with Gasteiger partial charge in [-0.2, -0.15) is 0 Å². The van der Waals surface area contributed by atoms with E-state index in [1.807, 2.05) is 0 Å². The van der Waals surface area contributed by atoms with Crippen molar-refractivity contribution in [3.8, 4) is 5.75 Å². The van der Waals surface area contributed by atoms with Crippen molar-refractivity contribution in [2.45, 2.75) is 0 Å². The molecule has 0 aliphatic carbocycles. The first-order valence-electron chi connectivity index (χ1n) is 5.77. The number of rotatable bonds is 2. The summed E-state index contributed by atoms with van der Waals surface area (Å²) in [6.45, 7) is 0. The molecular formula is C13H9NO7. The van der Waals surface area contributed by atoms with Crippen molar-refractivity contribution in [2.24, 2.45) is 0 Å². The molecule has 21 heavy (non-hydrogen) atoms. The van der Waals surface area contributed by atoms with E-state index in [1.165, 1.54) is 19.4 Å². The highest BCUT2D eigenvalue weighted by molar-refractivity contribution is 6.08. The van der Waals surface area contributed by atoms with Crippen LogP contribution in [0.25, 0.3) is 22.1 Å². The van der Waals surface area contributed by atoms with Crippen LogP contribution in [0.1, 0.15) is 21.1 Å². The lowest BCUT2D eigenvalue weighted by Gasteiger charge is -1.93. The average molecular weight is 291 g/mol. The van der Waals surface area contributed by atoms with Crippen LogP contribution in [0, 0.1) is 0 Å². The standard InChI is InChI=1S/C13H9NO7/c1-18-12(16)7-3-5-9-6(4-14-11(5)20-7)8(15)10(21-9)13(17)19-2/h3-4,15H,1-2H3. The van der Waals surface area contributed by atoms with Crippen molar-refractivity contribution in [3.63, 3.8) is 0 Å². The van der Waals surface area contributed by atoms with E-state index in [0.29, 0.717) is 5.39 Å². The van der Waals surface area contributed by atoms with Gasteiger partial charge >= 0.3 is 11.9 Å². The minimum Gasteiger partial charge on any atom is -0.504 e. The summed E-state index contributed by atoms with van der Waals surface area (Å²) in [5.74, 6) is -2.30. The molecular weight excluding hydrogens is 282 g/mol. The second kappa shape index (κ2) is 4.51. The average Bonchev–Trinajstić information content (AvgIpc) is 3.07. The quantitative estimate of drug-likeness (QED) is 0.712. The fourth-order valence-electron chi connectivity index (χ4n) is 1.95. The van der Waals surface area contributed by atoms with Crippen molar-refractivity contribution in [2.75, 3.05) is 14.2 Å². The Morgan fingerprint density at radius 2 is 1.86 bits per heavy atom. The van der Waals surface area contributed by atoms with Gasteiger partial charge in [0.15, 0.2) is 11.3 Å². The van der Waals surface area contributed by atoms with Crippen LogP contribution in [0.3, 0.4) is 0 Å². The summed E-state index contributed by atoms with van der Waals surface area (Å²) in [5, 5.41) is 10.5. The number of pyridine rings is 1. The number of esters is 2. The van der Waals surface area contributed by atoms with E-state index in [4.69, 9.17) is 8.83 Å². The molecule has 0 aromatic carbocycles. The minimum absolute atomic E-state index is 0.0667. The third kappa shape index (κ3) is 1.80. The minimum atomic E-state index is -0.825. The first kappa shape index (κ1) is 13.0. The van der Waals surface area contributed by atoms with Gasteiger partial charge in [-0.15, -0.1) is 0 Å². The smallest absolute Gasteiger partial charge is 0.377 e. The third-order valence-electron chi connectivity index (χ3n) is 2.94. The van der Waals surface area contributed by atoms with Gasteiger partial charge in [-0.1, -0.05) is 0 Å². The molecule has 0 saturated heterocycles. The number of aromatic nitrogens is 1. The molecule has 3 aromatic rings. The first-order chi connectivity index (χ1) is 10.1. The maximum Gasteiger partial charge on any atom is 0.377 e. The maximum atomic E-state index is 11.5. The van der Waals surface area contributed by atoms with Crippen molar-refractivity contribution >= 4 is 34.0 Å². The monoisotopic (exact) mass is 291 g/mol. The van der Waals surface area contributed by atoms with E-state index in [9.17, 15) is 14.7 Å². The SMILES string of the molecule is COC(=O)c1cc2c(ncc3c(O)c(C(=O)OC)oc32)o1. The Balaban J connectivity index is 2.30. The number of carbonyl (C=O) groups is 2. The highest BCUT2D eigenvalue weighted by Crippen LogP contribution is 2.36. The zero-order valence-electron chi connectivity index (χ0n) is 11.0. The zero-order chi connectivity index (χ0) is 15.1. The fraction of sp³-hybridized carbons (Fsp3) is 0.154. The summed E-state index contributed by atoms with van der Waals surface area (Å²) >= 11 is 0. The largest absolute Gasteiger partial charge is 0.504 e. The molecule has 3 aromatic heterocycles. The molecule has 0 aliphatic heterocycles. The van der Waals surface area contributed by atoms with Crippen LogP contribution in [-0.2, 0) is 9.47 Å². The molecule has 0 aliphatic rings. The zero-order valence-corrected chi connectivity index (χ0v) is 11.0. The molecule has 8 heteroatoms. The number of aromatic hydroxyl groups is 1. The lowest BCUT2D eigenvalue weighted by molar-refractivity contribution is 0.0556. The molecule has 3 heterocycles. The van der Waals surface area contributed by atoms with Gasteiger partial charge in [0.2, 0.25) is 11.5 Å². The Kier molecular flexibility index (Phi) is 2.79. The van der Waals surface area contributed by atoms with Crippen molar-refractivity contribution in [1.29, 1.82) is 0 Å². The summed E-state index contributed by atoms with van der Waals surface area (Å²) < 4.78 is 19.6. The third-order valence-corrected chi connectivity index (χ3v) is 2.94. The van der Waals surface area contributed by atoms with E-state index < -0.39 is 11.9 Å². The number of fused-ring (bicyclic) bond motifs is 3. The first-order valence-corrected chi connectivity index (χ1v) is 5.77. The number of ether oxygens (including phenoxy) is 2. The van der Waals surface area contributed by atoms with Crippen LogP contribution in [0.5, 0.6) is 5.75 Å². The Labute approximate surface area is 116 Å². The number of hydrogen-bond donors (Lipinski definition) is 1. The van der Waals surface area contributed by atoms with E-state index in [2.05, 4.69) is 14.5 Å². The summed E-state index contributed by atoms with van der Waals surface area (Å²) in [6.07, 6.45) is 1.27. The predicted molar refractivity (Wildman–Crippen MR) is 68.1 cm³/mol. The van der Waals surface area contributed by atoms with Gasteiger partial charge < -0.3 is 23.4 Å². The molecule has 1 N–H and O–H groups in total. The molecule has 0 spiro atoms. The van der Waals surface area contributed by atoms with Gasteiger partial charge in [-0.25, -0.2) is 14.6 Å². The number of carbonyl (C=O) groups excluding carboxylic acids is 2. The van der Waals surface area contributed by atoms with Crippen LogP contribution < -0.4 is 0 Å². The molecule has 0 fully saturated rings. The normalized spacial score (nSPS) is 11.0. The molecule has 0 radical (unpaired) electrons. The molecule has 8 nitrogen and oxygen atoms in total. The van der Waals surface area contributed by atoms with Crippen LogP contribution in [0.4, 0.5) is 0 Å². The van der Waals surface area contributed by atoms with Crippen molar-refractivity contribution in [1.82, 2.24) is 4.98 Å². The Bertz CT molecular complexity index is 874. The van der Waals surface area contributed by atoms with Crippen molar-refractivity contribution in [3.05, 3.63) is 23.8 Å². The van der Waals surface area contributed by atoms with E-state index in [0.717, 1.165) is 7.11 Å². The highest BCUT2D eigenvalue weighted by atomic mass is 16.5. The fourth-order valence-corrected chi connectivity index (χ4v) is 1.95. The molecule has 108 valence electrons. The Morgan fingerprint density at radius 1 is 1.14 bits per heavy atom. The summed E-state index contributed by atoms with van der Waals surface area (Å²) in [4.78, 5) is 26.9. The summed E-state index contributed by atoms with van der Waals surface area (Å²) in [7, 11) is 2.38. The molecule has 0 bridgehead atoms. The van der Waals surface area contributed by atoms with Crippen molar-refractivity contribution < 1.29 is 33.0 Å². The second-order valence-electron chi connectivity index (χ2n) is 4.09. The molecule has 0 unspecified atom stereocenters. The van der Waals surface area contributed by atoms with Gasteiger partial charge in [-0.3, -0.25) is 0 Å². The maximum absolute atomic E-state index is 11.5. The lowest BCUT2D eigenvalue weighted by atomic mass is 10.2. The molecule has 3 rings (SSSR count). The van der Waals surface area contributed by atoms with Gasteiger partial charge in [0.05, 0.1) is 25.0 Å². The van der Waals surface area contributed by atoms with E-state index in [1.54, 1.807) is 0 Å². The van der Waals surface area contributed by atoms with Gasteiger partial charge in [0.25, 0.3) is 5.76 Å². The van der Waals surface area contributed by atoms with E-state index in [-0.39, 0.29) is 34.0 Å². The van der Waals surface area contributed by atoms with Gasteiger partial charge in [0.1, 0.15) is 0 Å². The number of methoxy groups -OCH3 is 2. The number of nitrogens with zero attached hydrogens (tertiary/aromatic N) is 1. The Morgan fingerprint density at radius 3 is 2.52 bits per heavy atom. The van der Waals surface area contributed by atoms with Crippen LogP contribution in [0.15, 0.2) is 21.1 Å². The van der Waals surface area contributed by atoms with Crippen LogP contribution in [-0.4, -0.2) is 36.2 Å². The highest BCUT2D eigenvalue weighted by Gasteiger charge is 2.24. The number of hydrogen-bond acceptors (Lipinski definition) is 8. The lowest BCUT2D eigenvalue weighted by Crippen LogP contribution is -1.98. The number of furan rings is 2. The Hall–Kier alpha value is -3.03.